The second kappa shape index (κ2) is 5.36. The molecule has 0 saturated carbocycles. The van der Waals surface area contributed by atoms with E-state index >= 15 is 0 Å². The van der Waals surface area contributed by atoms with E-state index in [0.717, 1.165) is 6.07 Å². The van der Waals surface area contributed by atoms with Gasteiger partial charge < -0.3 is 4.98 Å². The molecule has 0 aliphatic carbocycles. The molecule has 108 valence electrons. The number of nitrogens with one attached hydrogen (secondary N) is 1. The number of hydrogen-bond donors (Lipinski definition) is 1. The minimum atomic E-state index is -4.36. The van der Waals surface area contributed by atoms with Gasteiger partial charge in [0.25, 0.3) is 0 Å². The molecule has 0 aliphatic rings. The van der Waals surface area contributed by atoms with Crippen molar-refractivity contribution in [3.05, 3.63) is 48.0 Å². The molecule has 2 aromatic heterocycles. The fraction of sp³-hybridized carbons (Fsp3) is 0.154. The number of imidazole rings is 1. The SMILES string of the molecule is FC(F)(F)c1ccccc1CSc1ncnc2[nH]cnc12. The highest BCUT2D eigenvalue weighted by Crippen LogP contribution is 2.35. The lowest BCUT2D eigenvalue weighted by molar-refractivity contribution is -0.138. The van der Waals surface area contributed by atoms with Crippen molar-refractivity contribution >= 4 is 22.9 Å². The van der Waals surface area contributed by atoms with Crippen LogP contribution in [0.25, 0.3) is 11.2 Å². The predicted octanol–water partition coefficient (Wildman–Crippen LogP) is 3.66. The van der Waals surface area contributed by atoms with Gasteiger partial charge >= 0.3 is 6.18 Å². The molecular weight excluding hydrogens is 301 g/mol. The summed E-state index contributed by atoms with van der Waals surface area (Å²) in [4.78, 5) is 15.0. The fourth-order valence-electron chi connectivity index (χ4n) is 1.92. The number of alkyl halides is 3. The van der Waals surface area contributed by atoms with Crippen LogP contribution in [0.4, 0.5) is 13.2 Å². The van der Waals surface area contributed by atoms with Crippen LogP contribution in [0, 0.1) is 0 Å². The Kier molecular flexibility index (Phi) is 3.54. The third-order valence-corrected chi connectivity index (χ3v) is 3.90. The molecule has 0 radical (unpaired) electrons. The van der Waals surface area contributed by atoms with Gasteiger partial charge in [-0.15, -0.1) is 0 Å². The zero-order valence-electron chi connectivity index (χ0n) is 10.6. The number of rotatable bonds is 3. The Morgan fingerprint density at radius 1 is 1.10 bits per heavy atom. The maximum Gasteiger partial charge on any atom is 0.416 e. The van der Waals surface area contributed by atoms with E-state index < -0.39 is 11.7 Å². The minimum absolute atomic E-state index is 0.161. The molecule has 0 saturated heterocycles. The Morgan fingerprint density at radius 3 is 2.71 bits per heavy atom. The highest BCUT2D eigenvalue weighted by molar-refractivity contribution is 7.98. The van der Waals surface area contributed by atoms with E-state index in [-0.39, 0.29) is 11.3 Å². The number of H-pyrrole nitrogens is 1. The van der Waals surface area contributed by atoms with Gasteiger partial charge in [0.05, 0.1) is 11.9 Å². The summed E-state index contributed by atoms with van der Waals surface area (Å²) in [6, 6.07) is 5.53. The summed E-state index contributed by atoms with van der Waals surface area (Å²) in [7, 11) is 0. The number of halogens is 3. The summed E-state index contributed by atoms with van der Waals surface area (Å²) >= 11 is 1.20. The Labute approximate surface area is 121 Å². The fourth-order valence-corrected chi connectivity index (χ4v) is 2.87. The molecule has 8 heteroatoms. The van der Waals surface area contributed by atoms with E-state index in [9.17, 15) is 13.2 Å². The molecule has 2 heterocycles. The highest BCUT2D eigenvalue weighted by Gasteiger charge is 2.32. The zero-order chi connectivity index (χ0) is 14.9. The Bertz CT molecular complexity index is 769. The molecule has 0 fully saturated rings. The quantitative estimate of drug-likeness (QED) is 0.592. The molecule has 0 amide bonds. The van der Waals surface area contributed by atoms with E-state index in [1.807, 2.05) is 0 Å². The number of aromatic amines is 1. The van der Waals surface area contributed by atoms with Crippen LogP contribution in [0.3, 0.4) is 0 Å². The maximum absolute atomic E-state index is 12.9. The molecule has 0 aliphatic heterocycles. The van der Waals surface area contributed by atoms with E-state index in [0.29, 0.717) is 16.2 Å². The standard InChI is InChI=1S/C13H9F3N4S/c14-13(15,16)9-4-2-1-3-8(9)5-21-12-10-11(18-6-17-10)19-7-20-12/h1-4,6-7H,5H2,(H,17,18,19,20). The Balaban J connectivity index is 1.87. The lowest BCUT2D eigenvalue weighted by Crippen LogP contribution is -2.08. The van der Waals surface area contributed by atoms with Crippen molar-refractivity contribution in [2.24, 2.45) is 0 Å². The molecule has 1 aromatic carbocycles. The largest absolute Gasteiger partial charge is 0.416 e. The first kappa shape index (κ1) is 13.9. The summed E-state index contributed by atoms with van der Waals surface area (Å²) in [5.74, 6) is 0.161. The molecule has 1 N–H and O–H groups in total. The van der Waals surface area contributed by atoms with Crippen LogP contribution in [0.2, 0.25) is 0 Å². The molecular formula is C13H9F3N4S. The summed E-state index contributed by atoms with van der Waals surface area (Å²) in [5, 5.41) is 0.554. The maximum atomic E-state index is 12.9. The van der Waals surface area contributed by atoms with Crippen LogP contribution in [0.5, 0.6) is 0 Å². The van der Waals surface area contributed by atoms with Crippen molar-refractivity contribution in [3.63, 3.8) is 0 Å². The van der Waals surface area contributed by atoms with Gasteiger partial charge in [0.15, 0.2) is 5.65 Å². The van der Waals surface area contributed by atoms with Crippen LogP contribution in [0.1, 0.15) is 11.1 Å². The van der Waals surface area contributed by atoms with Crippen LogP contribution in [-0.4, -0.2) is 19.9 Å². The van der Waals surface area contributed by atoms with Gasteiger partial charge in [-0.25, -0.2) is 15.0 Å². The number of hydrogen-bond acceptors (Lipinski definition) is 4. The molecule has 0 unspecified atom stereocenters. The number of benzene rings is 1. The van der Waals surface area contributed by atoms with Gasteiger partial charge in [-0.2, -0.15) is 13.2 Å². The van der Waals surface area contributed by atoms with Gasteiger partial charge in [-0.05, 0) is 11.6 Å². The van der Waals surface area contributed by atoms with Gasteiger partial charge in [-0.3, -0.25) is 0 Å². The monoisotopic (exact) mass is 310 g/mol. The number of nitrogens with zero attached hydrogens (tertiary/aromatic N) is 3. The molecule has 3 rings (SSSR count). The first-order valence-corrected chi connectivity index (χ1v) is 6.96. The predicted molar refractivity (Wildman–Crippen MR) is 72.7 cm³/mol. The molecule has 3 aromatic rings. The van der Waals surface area contributed by atoms with E-state index in [2.05, 4.69) is 19.9 Å². The second-order valence-corrected chi connectivity index (χ2v) is 5.19. The minimum Gasteiger partial charge on any atom is -0.329 e. The molecule has 4 nitrogen and oxygen atoms in total. The normalized spacial score (nSPS) is 12.0. The summed E-state index contributed by atoms with van der Waals surface area (Å²) in [6.45, 7) is 0. The summed E-state index contributed by atoms with van der Waals surface area (Å²) in [5.41, 5.74) is 0.728. The van der Waals surface area contributed by atoms with Crippen molar-refractivity contribution in [2.45, 2.75) is 17.0 Å². The van der Waals surface area contributed by atoms with Crippen LogP contribution in [-0.2, 0) is 11.9 Å². The molecule has 0 bridgehead atoms. The second-order valence-electron chi connectivity index (χ2n) is 4.22. The lowest BCUT2D eigenvalue weighted by Gasteiger charge is -2.12. The van der Waals surface area contributed by atoms with Crippen LogP contribution in [0.15, 0.2) is 41.9 Å². The Hall–Kier alpha value is -2.09. The average molecular weight is 310 g/mol. The smallest absolute Gasteiger partial charge is 0.329 e. The van der Waals surface area contributed by atoms with Gasteiger partial charge in [0.2, 0.25) is 0 Å². The Morgan fingerprint density at radius 2 is 1.90 bits per heavy atom. The van der Waals surface area contributed by atoms with Crippen molar-refractivity contribution in [3.8, 4) is 0 Å². The molecule has 0 spiro atoms. The molecule has 0 atom stereocenters. The van der Waals surface area contributed by atoms with Crippen LogP contribution < -0.4 is 0 Å². The van der Waals surface area contributed by atoms with Crippen molar-refractivity contribution < 1.29 is 13.2 Å². The van der Waals surface area contributed by atoms with E-state index in [1.54, 1.807) is 6.07 Å². The highest BCUT2D eigenvalue weighted by atomic mass is 32.2. The van der Waals surface area contributed by atoms with Gasteiger partial charge in [0.1, 0.15) is 16.9 Å². The number of thioether (sulfide) groups is 1. The summed E-state index contributed by atoms with van der Waals surface area (Å²) in [6.07, 6.45) is -1.52. The van der Waals surface area contributed by atoms with Crippen molar-refractivity contribution in [1.82, 2.24) is 19.9 Å². The number of fused-ring (bicyclic) bond motifs is 1. The third kappa shape index (κ3) is 2.85. The van der Waals surface area contributed by atoms with Crippen LogP contribution >= 0.6 is 11.8 Å². The van der Waals surface area contributed by atoms with Gasteiger partial charge in [0, 0.05) is 5.75 Å². The first-order valence-electron chi connectivity index (χ1n) is 5.97. The molecule has 21 heavy (non-hydrogen) atoms. The lowest BCUT2D eigenvalue weighted by atomic mass is 10.1. The van der Waals surface area contributed by atoms with Crippen molar-refractivity contribution in [1.29, 1.82) is 0 Å². The van der Waals surface area contributed by atoms with E-state index in [1.165, 1.54) is 36.5 Å². The van der Waals surface area contributed by atoms with Gasteiger partial charge in [-0.1, -0.05) is 30.0 Å². The number of aromatic nitrogens is 4. The third-order valence-electron chi connectivity index (χ3n) is 2.87. The van der Waals surface area contributed by atoms with E-state index in [4.69, 9.17) is 0 Å². The zero-order valence-corrected chi connectivity index (χ0v) is 11.4. The summed E-state index contributed by atoms with van der Waals surface area (Å²) < 4.78 is 38.8. The van der Waals surface area contributed by atoms with Crippen molar-refractivity contribution in [2.75, 3.05) is 0 Å². The topological polar surface area (TPSA) is 54.5 Å². The first-order chi connectivity index (χ1) is 10.1. The average Bonchev–Trinajstić information content (AvgIpc) is 2.93.